The fourth-order valence-corrected chi connectivity index (χ4v) is 1.02. The van der Waals surface area contributed by atoms with Gasteiger partial charge in [-0.1, -0.05) is 6.92 Å². The molecule has 0 aromatic rings. The quantitative estimate of drug-likeness (QED) is 0.571. The number of ether oxygens (including phenoxy) is 1. The van der Waals surface area contributed by atoms with Gasteiger partial charge in [0.25, 0.3) is 0 Å². The lowest BCUT2D eigenvalue weighted by molar-refractivity contribution is 0.116. The molecule has 0 rings (SSSR count). The van der Waals surface area contributed by atoms with Crippen LogP contribution in [0.2, 0.25) is 0 Å². The van der Waals surface area contributed by atoms with Crippen LogP contribution in [0.3, 0.4) is 0 Å². The van der Waals surface area contributed by atoms with Gasteiger partial charge in [-0.15, -0.1) is 0 Å². The van der Waals surface area contributed by atoms with E-state index in [1.165, 1.54) is 0 Å². The molecule has 3 heteroatoms. The third-order valence-electron chi connectivity index (χ3n) is 2.05. The Hall–Kier alpha value is -0.120. The highest BCUT2D eigenvalue weighted by Gasteiger charge is 2.06. The van der Waals surface area contributed by atoms with Crippen molar-refractivity contribution in [1.29, 1.82) is 0 Å². The van der Waals surface area contributed by atoms with E-state index in [1.54, 1.807) is 7.11 Å². The van der Waals surface area contributed by atoms with Crippen LogP contribution in [-0.2, 0) is 4.74 Å². The number of methoxy groups -OCH3 is 1. The third-order valence-corrected chi connectivity index (χ3v) is 2.05. The van der Waals surface area contributed by atoms with Crippen LogP contribution in [0.5, 0.6) is 0 Å². The number of nitrogens with one attached hydrogen (secondary N) is 1. The number of hydrogen-bond donors (Lipinski definition) is 1. The Morgan fingerprint density at radius 2 is 2.17 bits per heavy atom. The van der Waals surface area contributed by atoms with Gasteiger partial charge in [-0.2, -0.15) is 0 Å². The van der Waals surface area contributed by atoms with Crippen LogP contribution in [0.15, 0.2) is 0 Å². The predicted molar refractivity (Wildman–Crippen MR) is 52.5 cm³/mol. The maximum absolute atomic E-state index is 5.07. The summed E-state index contributed by atoms with van der Waals surface area (Å²) < 4.78 is 5.07. The largest absolute Gasteiger partial charge is 0.383 e. The number of likely N-dealkylation sites (N-methyl/N-ethyl adjacent to an activating group) is 2. The van der Waals surface area contributed by atoms with Crippen molar-refractivity contribution in [3.05, 3.63) is 0 Å². The van der Waals surface area contributed by atoms with Crippen LogP contribution in [0, 0.1) is 0 Å². The number of rotatable bonds is 7. The molecule has 74 valence electrons. The van der Waals surface area contributed by atoms with Crippen molar-refractivity contribution >= 4 is 0 Å². The Balaban J connectivity index is 3.35. The Morgan fingerprint density at radius 1 is 1.50 bits per heavy atom. The first-order valence-electron chi connectivity index (χ1n) is 4.62. The van der Waals surface area contributed by atoms with Crippen molar-refractivity contribution in [1.82, 2.24) is 10.2 Å². The normalized spacial score (nSPS) is 13.8. The second kappa shape index (κ2) is 7.53. The maximum atomic E-state index is 5.07. The molecule has 0 saturated carbocycles. The van der Waals surface area contributed by atoms with Crippen molar-refractivity contribution in [2.75, 3.05) is 40.4 Å². The predicted octanol–water partition coefficient (Wildman–Crippen LogP) is 0.563. The molecule has 3 nitrogen and oxygen atoms in total. The Kier molecular flexibility index (Phi) is 7.45. The van der Waals surface area contributed by atoms with Crippen LogP contribution in [0.25, 0.3) is 0 Å². The monoisotopic (exact) mass is 174 g/mol. The Labute approximate surface area is 76.1 Å². The molecular weight excluding hydrogens is 152 g/mol. The van der Waals surface area contributed by atoms with Gasteiger partial charge in [0.05, 0.1) is 6.61 Å². The van der Waals surface area contributed by atoms with Crippen LogP contribution in [-0.4, -0.2) is 51.3 Å². The molecule has 0 aromatic heterocycles. The van der Waals surface area contributed by atoms with Gasteiger partial charge in [0.2, 0.25) is 0 Å². The third kappa shape index (κ3) is 5.52. The molecule has 0 aliphatic rings. The molecule has 1 N–H and O–H groups in total. The van der Waals surface area contributed by atoms with E-state index in [0.29, 0.717) is 6.04 Å². The lowest BCUT2D eigenvalue weighted by atomic mass is 10.3. The molecule has 1 unspecified atom stereocenters. The van der Waals surface area contributed by atoms with Crippen molar-refractivity contribution in [3.8, 4) is 0 Å². The Morgan fingerprint density at radius 3 is 2.67 bits per heavy atom. The van der Waals surface area contributed by atoms with E-state index in [-0.39, 0.29) is 0 Å². The molecule has 12 heavy (non-hydrogen) atoms. The molecule has 0 aliphatic heterocycles. The smallest absolute Gasteiger partial charge is 0.0615 e. The molecule has 0 aliphatic carbocycles. The summed E-state index contributed by atoms with van der Waals surface area (Å²) in [5.74, 6) is 0. The van der Waals surface area contributed by atoms with Crippen LogP contribution in [0.4, 0.5) is 0 Å². The summed E-state index contributed by atoms with van der Waals surface area (Å²) in [5.41, 5.74) is 0. The summed E-state index contributed by atoms with van der Waals surface area (Å²) in [5, 5.41) is 3.29. The van der Waals surface area contributed by atoms with Crippen molar-refractivity contribution in [2.24, 2.45) is 0 Å². The summed E-state index contributed by atoms with van der Waals surface area (Å²) in [6, 6.07) is 0.508. The SMILES string of the molecule is CCNCCN(C)C(C)COC. The van der Waals surface area contributed by atoms with Crippen molar-refractivity contribution in [3.63, 3.8) is 0 Å². The molecule has 0 heterocycles. The van der Waals surface area contributed by atoms with E-state index in [2.05, 4.69) is 31.1 Å². The minimum Gasteiger partial charge on any atom is -0.383 e. The summed E-state index contributed by atoms with van der Waals surface area (Å²) in [6.07, 6.45) is 0. The van der Waals surface area contributed by atoms with Gasteiger partial charge in [-0.05, 0) is 20.5 Å². The van der Waals surface area contributed by atoms with Gasteiger partial charge in [0, 0.05) is 26.2 Å². The van der Waals surface area contributed by atoms with Crippen LogP contribution < -0.4 is 5.32 Å². The number of hydrogen-bond acceptors (Lipinski definition) is 3. The van der Waals surface area contributed by atoms with Crippen molar-refractivity contribution in [2.45, 2.75) is 19.9 Å². The highest BCUT2D eigenvalue weighted by molar-refractivity contribution is 4.62. The second-order valence-corrected chi connectivity index (χ2v) is 3.14. The van der Waals surface area contributed by atoms with Gasteiger partial charge in [-0.25, -0.2) is 0 Å². The van der Waals surface area contributed by atoms with E-state index in [0.717, 1.165) is 26.2 Å². The molecule has 0 spiro atoms. The highest BCUT2D eigenvalue weighted by atomic mass is 16.5. The molecular formula is C9H22N2O. The molecule has 0 saturated heterocycles. The van der Waals surface area contributed by atoms with Crippen LogP contribution in [0.1, 0.15) is 13.8 Å². The van der Waals surface area contributed by atoms with Gasteiger partial charge >= 0.3 is 0 Å². The summed E-state index contributed by atoms with van der Waals surface area (Å²) in [4.78, 5) is 2.30. The van der Waals surface area contributed by atoms with Crippen molar-refractivity contribution < 1.29 is 4.74 Å². The topological polar surface area (TPSA) is 24.5 Å². The molecule has 1 atom stereocenters. The second-order valence-electron chi connectivity index (χ2n) is 3.14. The minimum absolute atomic E-state index is 0.508. The average molecular weight is 174 g/mol. The van der Waals surface area contributed by atoms with Crippen LogP contribution >= 0.6 is 0 Å². The number of nitrogens with zero attached hydrogens (tertiary/aromatic N) is 1. The van der Waals surface area contributed by atoms with E-state index in [4.69, 9.17) is 4.74 Å². The fraction of sp³-hybridized carbons (Fsp3) is 1.00. The van der Waals surface area contributed by atoms with Gasteiger partial charge in [0.15, 0.2) is 0 Å². The fourth-order valence-electron chi connectivity index (χ4n) is 1.02. The first-order chi connectivity index (χ1) is 5.72. The zero-order chi connectivity index (χ0) is 9.40. The molecule has 0 aromatic carbocycles. The summed E-state index contributed by atoms with van der Waals surface area (Å²) >= 11 is 0. The van der Waals surface area contributed by atoms with Gasteiger partial charge in [0.1, 0.15) is 0 Å². The molecule has 0 amide bonds. The molecule has 0 radical (unpaired) electrons. The summed E-state index contributed by atoms with van der Waals surface area (Å²) in [7, 11) is 3.87. The molecule has 0 bridgehead atoms. The molecule has 0 fully saturated rings. The first kappa shape index (κ1) is 11.9. The zero-order valence-electron chi connectivity index (χ0n) is 8.76. The zero-order valence-corrected chi connectivity index (χ0v) is 8.76. The summed E-state index contributed by atoms with van der Waals surface area (Å²) in [6.45, 7) is 8.29. The maximum Gasteiger partial charge on any atom is 0.0615 e. The standard InChI is InChI=1S/C9H22N2O/c1-5-10-6-7-11(3)9(2)8-12-4/h9-10H,5-8H2,1-4H3. The lowest BCUT2D eigenvalue weighted by Crippen LogP contribution is -2.37. The lowest BCUT2D eigenvalue weighted by Gasteiger charge is -2.23. The van der Waals surface area contributed by atoms with Gasteiger partial charge in [-0.3, -0.25) is 0 Å². The highest BCUT2D eigenvalue weighted by Crippen LogP contribution is 1.93. The van der Waals surface area contributed by atoms with E-state index in [9.17, 15) is 0 Å². The Bertz CT molecular complexity index is 98.5. The average Bonchev–Trinajstić information content (AvgIpc) is 2.05. The van der Waals surface area contributed by atoms with Gasteiger partial charge < -0.3 is 15.0 Å². The van der Waals surface area contributed by atoms with E-state index >= 15 is 0 Å². The first-order valence-corrected chi connectivity index (χ1v) is 4.62. The minimum atomic E-state index is 0.508. The van der Waals surface area contributed by atoms with E-state index in [1.807, 2.05) is 0 Å². The van der Waals surface area contributed by atoms with E-state index < -0.39 is 0 Å².